The number of hydrogen-bond donors (Lipinski definition) is 2. The number of rotatable bonds is 4. The van der Waals surface area contributed by atoms with Gasteiger partial charge < -0.3 is 16.0 Å². The van der Waals surface area contributed by atoms with Gasteiger partial charge in [0.1, 0.15) is 29.7 Å². The summed E-state index contributed by atoms with van der Waals surface area (Å²) in [7, 11) is 0. The maximum Gasteiger partial charge on any atom is 0.418 e. The smallest absolute Gasteiger partial charge is 0.382 e. The van der Waals surface area contributed by atoms with Crippen LogP contribution in [-0.4, -0.2) is 56.6 Å². The first-order valence-corrected chi connectivity index (χ1v) is 11.9. The summed E-state index contributed by atoms with van der Waals surface area (Å²) < 4.78 is 86.6. The molecule has 0 aliphatic carbocycles. The molecule has 3 N–H and O–H groups in total. The van der Waals surface area contributed by atoms with Crippen LogP contribution < -0.4 is 11.1 Å². The second kappa shape index (κ2) is 9.84. The van der Waals surface area contributed by atoms with Crippen LogP contribution in [-0.2, 0) is 6.18 Å². The predicted molar refractivity (Wildman–Crippen MR) is 131 cm³/mol. The number of aromatic nitrogens is 3. The Morgan fingerprint density at radius 3 is 2.52 bits per heavy atom. The predicted octanol–water partition coefficient (Wildman–Crippen LogP) is 4.18. The molecule has 3 heterocycles. The molecule has 2 amide bonds. The minimum absolute atomic E-state index is 0.123. The van der Waals surface area contributed by atoms with Crippen molar-refractivity contribution >= 4 is 23.1 Å². The molecule has 1 saturated heterocycles. The van der Waals surface area contributed by atoms with Gasteiger partial charge >= 0.3 is 6.18 Å². The van der Waals surface area contributed by atoms with E-state index in [0.29, 0.717) is 6.07 Å². The van der Waals surface area contributed by atoms with Crippen molar-refractivity contribution in [1.82, 2.24) is 24.8 Å². The molecule has 5 rings (SSSR count). The number of aryl methyl sites for hydroxylation is 1. The Kier molecular flexibility index (Phi) is 6.64. The lowest BCUT2D eigenvalue weighted by molar-refractivity contribution is -0.136. The number of anilines is 1. The zero-order chi connectivity index (χ0) is 28.9. The third kappa shape index (κ3) is 4.58. The molecular formula is C26H20F6N6O2. The van der Waals surface area contributed by atoms with E-state index in [2.05, 4.69) is 15.4 Å². The molecule has 40 heavy (non-hydrogen) atoms. The number of nitrogen functional groups attached to an aromatic ring is 1. The van der Waals surface area contributed by atoms with Gasteiger partial charge in [0, 0.05) is 12.1 Å². The number of alkyl halides is 4. The van der Waals surface area contributed by atoms with Gasteiger partial charge in [-0.1, -0.05) is 18.2 Å². The van der Waals surface area contributed by atoms with E-state index in [9.17, 15) is 31.5 Å². The lowest BCUT2D eigenvalue weighted by Gasteiger charge is -2.18. The number of carbonyl (C=O) groups is 2. The fourth-order valence-electron chi connectivity index (χ4n) is 4.74. The van der Waals surface area contributed by atoms with Crippen molar-refractivity contribution in [3.05, 3.63) is 82.7 Å². The first-order chi connectivity index (χ1) is 18.9. The Morgan fingerprint density at radius 2 is 1.82 bits per heavy atom. The Morgan fingerprint density at radius 1 is 1.10 bits per heavy atom. The van der Waals surface area contributed by atoms with E-state index >= 15 is 4.39 Å². The van der Waals surface area contributed by atoms with Gasteiger partial charge in [-0.15, -0.1) is 0 Å². The first-order valence-electron chi connectivity index (χ1n) is 11.9. The monoisotopic (exact) mass is 562 g/mol. The fourth-order valence-corrected chi connectivity index (χ4v) is 4.74. The Hall–Kier alpha value is -4.62. The summed E-state index contributed by atoms with van der Waals surface area (Å²) in [6.07, 6.45) is -5.70. The van der Waals surface area contributed by atoms with E-state index in [1.165, 1.54) is 37.3 Å². The van der Waals surface area contributed by atoms with Crippen molar-refractivity contribution in [1.29, 1.82) is 0 Å². The van der Waals surface area contributed by atoms with Gasteiger partial charge in [-0.2, -0.15) is 18.3 Å². The summed E-state index contributed by atoms with van der Waals surface area (Å²) in [4.78, 5) is 30.4. The van der Waals surface area contributed by atoms with Gasteiger partial charge in [0.2, 0.25) is 0 Å². The van der Waals surface area contributed by atoms with Crippen LogP contribution >= 0.6 is 0 Å². The van der Waals surface area contributed by atoms with Crippen molar-refractivity contribution in [2.75, 3.05) is 18.8 Å². The summed E-state index contributed by atoms with van der Waals surface area (Å²) in [5.74, 6) is -4.26. The number of carbonyl (C=O) groups excluding carboxylic acids is 2. The SMILES string of the molecule is Cc1ccc(-c2cc(C(F)(F)F)c3c(N)ncnn23)c(F)c1C(=O)N[C@@H]1CN(C(=O)c2ccccc2F)C[C@@H]1F. The molecule has 14 heteroatoms. The van der Waals surface area contributed by atoms with Crippen molar-refractivity contribution in [2.45, 2.75) is 25.3 Å². The molecule has 0 radical (unpaired) electrons. The second-order valence-electron chi connectivity index (χ2n) is 9.25. The Balaban J connectivity index is 1.46. The van der Waals surface area contributed by atoms with Crippen LogP contribution in [0.25, 0.3) is 16.8 Å². The number of hydrogen-bond acceptors (Lipinski definition) is 5. The largest absolute Gasteiger partial charge is 0.418 e. The highest BCUT2D eigenvalue weighted by atomic mass is 19.4. The van der Waals surface area contributed by atoms with Gasteiger partial charge in [0.15, 0.2) is 5.82 Å². The van der Waals surface area contributed by atoms with Crippen LogP contribution in [0.2, 0.25) is 0 Å². The third-order valence-corrected chi connectivity index (χ3v) is 6.70. The molecule has 1 aliphatic heterocycles. The van der Waals surface area contributed by atoms with Crippen molar-refractivity contribution in [3.8, 4) is 11.3 Å². The standard InChI is InChI=1S/C26H20F6N6O2/c1-12-6-7-14(19-8-15(26(30,31)32)22-23(33)34-11-35-38(19)22)21(29)20(12)24(39)36-18-10-37(9-17(18)28)25(40)13-4-2-3-5-16(13)27/h2-8,11,17-18H,9-10H2,1H3,(H,36,39)(H2,33,34,35)/t17-,18+/m0/s1. The lowest BCUT2D eigenvalue weighted by atomic mass is 10.0. The first kappa shape index (κ1) is 27.0. The zero-order valence-electron chi connectivity index (χ0n) is 20.6. The van der Waals surface area contributed by atoms with Crippen LogP contribution in [0.4, 0.5) is 32.2 Å². The summed E-state index contributed by atoms with van der Waals surface area (Å²) in [6.45, 7) is 0.654. The van der Waals surface area contributed by atoms with Crippen LogP contribution in [0.15, 0.2) is 48.8 Å². The van der Waals surface area contributed by atoms with Gasteiger partial charge in [0.25, 0.3) is 11.8 Å². The molecule has 0 unspecified atom stereocenters. The second-order valence-corrected chi connectivity index (χ2v) is 9.25. The molecule has 2 atom stereocenters. The summed E-state index contributed by atoms with van der Waals surface area (Å²) in [6, 6.07) is 7.08. The molecule has 2 aromatic carbocycles. The maximum absolute atomic E-state index is 15.8. The highest BCUT2D eigenvalue weighted by molar-refractivity contribution is 5.98. The quantitative estimate of drug-likeness (QED) is 0.363. The van der Waals surface area contributed by atoms with Crippen molar-refractivity contribution in [2.24, 2.45) is 0 Å². The van der Waals surface area contributed by atoms with Crippen molar-refractivity contribution in [3.63, 3.8) is 0 Å². The van der Waals surface area contributed by atoms with E-state index in [4.69, 9.17) is 5.73 Å². The number of fused-ring (bicyclic) bond motifs is 1. The Bertz CT molecular complexity index is 1650. The van der Waals surface area contributed by atoms with E-state index in [-0.39, 0.29) is 28.9 Å². The number of nitrogens with two attached hydrogens (primary N) is 1. The van der Waals surface area contributed by atoms with E-state index < -0.39 is 70.8 Å². The summed E-state index contributed by atoms with van der Waals surface area (Å²) in [5.41, 5.74) is 2.47. The molecule has 0 saturated carbocycles. The molecule has 2 aromatic heterocycles. The molecule has 0 bridgehead atoms. The highest BCUT2D eigenvalue weighted by Crippen LogP contribution is 2.39. The van der Waals surface area contributed by atoms with Crippen LogP contribution in [0.3, 0.4) is 0 Å². The average Bonchev–Trinajstić information content (AvgIpc) is 3.46. The number of likely N-dealkylation sites (tertiary alicyclic amines) is 1. The van der Waals surface area contributed by atoms with Gasteiger partial charge in [0.05, 0.1) is 35.0 Å². The average molecular weight is 562 g/mol. The van der Waals surface area contributed by atoms with Crippen LogP contribution in [0.1, 0.15) is 31.8 Å². The van der Waals surface area contributed by atoms with E-state index in [1.54, 1.807) is 0 Å². The zero-order valence-corrected chi connectivity index (χ0v) is 20.6. The van der Waals surface area contributed by atoms with E-state index in [1.807, 2.05) is 0 Å². The van der Waals surface area contributed by atoms with Gasteiger partial charge in [-0.3, -0.25) is 9.59 Å². The topological polar surface area (TPSA) is 106 Å². The molecule has 4 aromatic rings. The molecule has 208 valence electrons. The number of halogens is 6. The number of benzene rings is 2. The third-order valence-electron chi connectivity index (χ3n) is 6.70. The van der Waals surface area contributed by atoms with E-state index in [0.717, 1.165) is 21.8 Å². The normalized spacial score (nSPS) is 17.4. The number of nitrogens with one attached hydrogen (secondary N) is 1. The molecule has 1 fully saturated rings. The molecule has 0 spiro atoms. The van der Waals surface area contributed by atoms with Crippen molar-refractivity contribution < 1.29 is 35.9 Å². The minimum Gasteiger partial charge on any atom is -0.382 e. The fraction of sp³-hybridized carbons (Fsp3) is 0.231. The van der Waals surface area contributed by atoms with Gasteiger partial charge in [-0.05, 0) is 36.8 Å². The molecular weight excluding hydrogens is 542 g/mol. The molecule has 1 aliphatic rings. The van der Waals surface area contributed by atoms with Crippen LogP contribution in [0.5, 0.6) is 0 Å². The highest BCUT2D eigenvalue weighted by Gasteiger charge is 2.39. The van der Waals surface area contributed by atoms with Gasteiger partial charge in [-0.25, -0.2) is 22.7 Å². The minimum atomic E-state index is -4.87. The Labute approximate surface area is 222 Å². The van der Waals surface area contributed by atoms with Crippen LogP contribution in [0, 0.1) is 18.6 Å². The number of nitrogens with zero attached hydrogens (tertiary/aromatic N) is 4. The molecule has 8 nitrogen and oxygen atoms in total. The lowest BCUT2D eigenvalue weighted by Crippen LogP contribution is -2.42. The maximum atomic E-state index is 15.8. The summed E-state index contributed by atoms with van der Waals surface area (Å²) in [5, 5.41) is 6.14. The number of amides is 2. The summed E-state index contributed by atoms with van der Waals surface area (Å²) >= 11 is 0.